The maximum absolute atomic E-state index is 11.6. The number of aromatic amines is 1. The van der Waals surface area contributed by atoms with Gasteiger partial charge >= 0.3 is 0 Å². The van der Waals surface area contributed by atoms with E-state index >= 15 is 0 Å². The van der Waals surface area contributed by atoms with E-state index < -0.39 is 0 Å². The molecule has 4 nitrogen and oxygen atoms in total. The fourth-order valence-corrected chi connectivity index (χ4v) is 1.83. The first-order valence-corrected chi connectivity index (χ1v) is 6.74. The van der Waals surface area contributed by atoms with Crippen molar-refractivity contribution in [1.29, 1.82) is 0 Å². The van der Waals surface area contributed by atoms with E-state index in [4.69, 9.17) is 21.1 Å². The van der Waals surface area contributed by atoms with Gasteiger partial charge in [0.2, 0.25) is 5.43 Å². The van der Waals surface area contributed by atoms with Gasteiger partial charge in [0.15, 0.2) is 5.75 Å². The van der Waals surface area contributed by atoms with Crippen molar-refractivity contribution in [2.45, 2.75) is 13.3 Å². The maximum atomic E-state index is 11.6. The Morgan fingerprint density at radius 2 is 1.80 bits per heavy atom. The normalized spacial score (nSPS) is 10.3. The maximum Gasteiger partial charge on any atom is 0.223 e. The molecule has 2 rings (SSSR count). The Morgan fingerprint density at radius 3 is 2.50 bits per heavy atom. The Hall–Kier alpha value is -1.94. The zero-order valence-electron chi connectivity index (χ0n) is 11.2. The second-order valence-electron chi connectivity index (χ2n) is 4.30. The molecule has 2 aromatic rings. The molecule has 0 aliphatic rings. The number of pyridine rings is 1. The van der Waals surface area contributed by atoms with Crippen LogP contribution in [0.15, 0.2) is 41.3 Å². The summed E-state index contributed by atoms with van der Waals surface area (Å²) in [7, 11) is 0. The monoisotopic (exact) mass is 293 g/mol. The zero-order chi connectivity index (χ0) is 14.4. The van der Waals surface area contributed by atoms with E-state index in [-0.39, 0.29) is 5.43 Å². The number of aromatic nitrogens is 1. The molecule has 0 radical (unpaired) electrons. The minimum atomic E-state index is -0.111. The van der Waals surface area contributed by atoms with E-state index in [1.165, 1.54) is 6.07 Å². The lowest BCUT2D eigenvalue weighted by Gasteiger charge is -2.09. The van der Waals surface area contributed by atoms with Crippen molar-refractivity contribution in [1.82, 2.24) is 4.98 Å². The highest BCUT2D eigenvalue weighted by Gasteiger charge is 2.03. The lowest BCUT2D eigenvalue weighted by molar-refractivity contribution is 0.245. The average Bonchev–Trinajstić information content (AvgIpc) is 2.43. The van der Waals surface area contributed by atoms with Crippen LogP contribution < -0.4 is 14.9 Å². The molecule has 20 heavy (non-hydrogen) atoms. The Kier molecular flexibility index (Phi) is 5.07. The van der Waals surface area contributed by atoms with Gasteiger partial charge in [0, 0.05) is 23.7 Å². The van der Waals surface area contributed by atoms with Gasteiger partial charge in [0.1, 0.15) is 5.75 Å². The summed E-state index contributed by atoms with van der Waals surface area (Å²) in [6, 6.07) is 8.64. The Balaban J connectivity index is 1.74. The molecule has 0 spiro atoms. The van der Waals surface area contributed by atoms with Crippen molar-refractivity contribution < 1.29 is 9.47 Å². The van der Waals surface area contributed by atoms with Crippen LogP contribution in [0.2, 0.25) is 5.02 Å². The number of benzene rings is 1. The smallest absolute Gasteiger partial charge is 0.223 e. The van der Waals surface area contributed by atoms with Crippen LogP contribution in [-0.4, -0.2) is 18.2 Å². The Bertz CT molecular complexity index is 607. The van der Waals surface area contributed by atoms with Crippen LogP contribution in [0.1, 0.15) is 12.1 Å². The molecule has 1 aromatic carbocycles. The topological polar surface area (TPSA) is 51.3 Å². The van der Waals surface area contributed by atoms with Gasteiger partial charge in [-0.25, -0.2) is 0 Å². The van der Waals surface area contributed by atoms with E-state index in [1.54, 1.807) is 25.3 Å². The number of nitrogens with one attached hydrogen (secondary N) is 1. The number of H-pyrrole nitrogens is 1. The summed E-state index contributed by atoms with van der Waals surface area (Å²) in [5.41, 5.74) is 0.621. The van der Waals surface area contributed by atoms with Crippen molar-refractivity contribution in [2.24, 2.45) is 0 Å². The number of hydrogen-bond donors (Lipinski definition) is 1. The molecule has 1 N–H and O–H groups in total. The molecule has 1 heterocycles. The number of aryl methyl sites for hydroxylation is 1. The fourth-order valence-electron chi connectivity index (χ4n) is 1.70. The third-order valence-electron chi connectivity index (χ3n) is 2.72. The van der Waals surface area contributed by atoms with Gasteiger partial charge in [-0.1, -0.05) is 11.6 Å². The molecular weight excluding hydrogens is 278 g/mol. The summed E-state index contributed by atoms with van der Waals surface area (Å²) in [4.78, 5) is 14.5. The lowest BCUT2D eigenvalue weighted by atomic mass is 10.3. The summed E-state index contributed by atoms with van der Waals surface area (Å²) in [6.45, 7) is 2.76. The first-order chi connectivity index (χ1) is 9.66. The predicted molar refractivity (Wildman–Crippen MR) is 78.9 cm³/mol. The van der Waals surface area contributed by atoms with Crippen LogP contribution in [0.4, 0.5) is 0 Å². The van der Waals surface area contributed by atoms with Crippen LogP contribution in [0.3, 0.4) is 0 Å². The van der Waals surface area contributed by atoms with Crippen molar-refractivity contribution in [2.75, 3.05) is 13.2 Å². The van der Waals surface area contributed by atoms with Gasteiger partial charge in [-0.2, -0.15) is 0 Å². The van der Waals surface area contributed by atoms with E-state index in [2.05, 4.69) is 4.98 Å². The van der Waals surface area contributed by atoms with Crippen molar-refractivity contribution >= 4 is 11.6 Å². The Labute approximate surface area is 122 Å². The highest BCUT2D eigenvalue weighted by Crippen LogP contribution is 2.15. The van der Waals surface area contributed by atoms with Gasteiger partial charge in [-0.05, 0) is 31.2 Å². The number of ether oxygens (including phenoxy) is 2. The van der Waals surface area contributed by atoms with E-state index in [0.29, 0.717) is 30.4 Å². The fraction of sp³-hybridized carbons (Fsp3) is 0.267. The molecule has 106 valence electrons. The molecule has 0 saturated heterocycles. The summed E-state index contributed by atoms with van der Waals surface area (Å²) in [6.07, 6.45) is 2.30. The molecule has 0 fully saturated rings. The van der Waals surface area contributed by atoms with Crippen molar-refractivity contribution in [3.8, 4) is 11.5 Å². The standard InChI is InChI=1S/C15H16ClNO3/c1-11-15(14(18)7-8-17-11)20-10-2-9-19-13-5-3-12(16)4-6-13/h3-8H,2,9-10H2,1H3,(H,17,18). The van der Waals surface area contributed by atoms with E-state index in [9.17, 15) is 4.79 Å². The molecule has 0 saturated carbocycles. The van der Waals surface area contributed by atoms with Gasteiger partial charge in [-0.3, -0.25) is 4.79 Å². The third-order valence-corrected chi connectivity index (χ3v) is 2.97. The molecule has 0 aliphatic carbocycles. The first-order valence-electron chi connectivity index (χ1n) is 6.36. The molecule has 1 aromatic heterocycles. The highest BCUT2D eigenvalue weighted by atomic mass is 35.5. The minimum Gasteiger partial charge on any atom is -0.493 e. The summed E-state index contributed by atoms with van der Waals surface area (Å²) in [5, 5.41) is 0.680. The van der Waals surface area contributed by atoms with Crippen molar-refractivity contribution in [3.63, 3.8) is 0 Å². The molecular formula is C15H16ClNO3. The van der Waals surface area contributed by atoms with Gasteiger partial charge < -0.3 is 14.5 Å². The molecule has 0 atom stereocenters. The lowest BCUT2D eigenvalue weighted by Crippen LogP contribution is -2.12. The Morgan fingerprint density at radius 1 is 1.10 bits per heavy atom. The molecule has 0 aliphatic heterocycles. The summed E-state index contributed by atoms with van der Waals surface area (Å²) >= 11 is 5.78. The van der Waals surface area contributed by atoms with Crippen LogP contribution in [0.25, 0.3) is 0 Å². The van der Waals surface area contributed by atoms with Crippen LogP contribution in [0.5, 0.6) is 11.5 Å². The van der Waals surface area contributed by atoms with Crippen molar-refractivity contribution in [3.05, 3.63) is 57.5 Å². The SMILES string of the molecule is Cc1[nH]ccc(=O)c1OCCCOc1ccc(Cl)cc1. The van der Waals surface area contributed by atoms with Gasteiger partial charge in [-0.15, -0.1) is 0 Å². The van der Waals surface area contributed by atoms with Crippen LogP contribution >= 0.6 is 11.6 Å². The summed E-state index contributed by atoms with van der Waals surface area (Å²) in [5.74, 6) is 1.14. The summed E-state index contributed by atoms with van der Waals surface area (Å²) < 4.78 is 11.0. The van der Waals surface area contributed by atoms with E-state index in [0.717, 1.165) is 11.4 Å². The second-order valence-corrected chi connectivity index (χ2v) is 4.74. The quantitative estimate of drug-likeness (QED) is 0.832. The highest BCUT2D eigenvalue weighted by molar-refractivity contribution is 6.30. The molecule has 5 heteroatoms. The molecule has 0 unspecified atom stereocenters. The molecule has 0 amide bonds. The number of hydrogen-bond acceptors (Lipinski definition) is 3. The minimum absolute atomic E-state index is 0.111. The zero-order valence-corrected chi connectivity index (χ0v) is 11.9. The van der Waals surface area contributed by atoms with Gasteiger partial charge in [0.05, 0.1) is 18.9 Å². The van der Waals surface area contributed by atoms with E-state index in [1.807, 2.05) is 12.1 Å². The largest absolute Gasteiger partial charge is 0.493 e. The van der Waals surface area contributed by atoms with Crippen LogP contribution in [-0.2, 0) is 0 Å². The molecule has 0 bridgehead atoms. The van der Waals surface area contributed by atoms with Crippen LogP contribution in [0, 0.1) is 6.92 Å². The predicted octanol–water partition coefficient (Wildman–Crippen LogP) is 3.18. The first kappa shape index (κ1) is 14.5. The number of rotatable bonds is 6. The second kappa shape index (κ2) is 7.01. The number of halogens is 1. The third kappa shape index (κ3) is 4.03. The van der Waals surface area contributed by atoms with Gasteiger partial charge in [0.25, 0.3) is 0 Å². The average molecular weight is 294 g/mol.